The molecule has 0 unspecified atom stereocenters. The Morgan fingerprint density at radius 2 is 2.15 bits per heavy atom. The average Bonchev–Trinajstić information content (AvgIpc) is 2.98. The number of rotatable bonds is 5. The number of nitrogens with zero attached hydrogens (tertiary/aromatic N) is 1. The predicted molar refractivity (Wildman–Crippen MR) is 99.3 cm³/mol. The minimum absolute atomic E-state index is 0. The third-order valence-corrected chi connectivity index (χ3v) is 5.08. The van der Waals surface area contributed by atoms with Crippen LogP contribution in [0, 0.1) is 0 Å². The lowest BCUT2D eigenvalue weighted by atomic mass is 9.73. The van der Waals surface area contributed by atoms with Gasteiger partial charge in [0.15, 0.2) is 5.96 Å². The Kier molecular flexibility index (Phi) is 7.87. The van der Waals surface area contributed by atoms with Gasteiger partial charge < -0.3 is 11.1 Å². The van der Waals surface area contributed by atoms with Crippen LogP contribution in [0.1, 0.15) is 50.3 Å². The minimum Gasteiger partial charge on any atom is -0.370 e. The quantitative estimate of drug-likeness (QED) is 0.442. The van der Waals surface area contributed by atoms with Gasteiger partial charge in [-0.05, 0) is 30.7 Å². The monoisotopic (exact) mass is 407 g/mol. The Balaban J connectivity index is 0.00000200. The van der Waals surface area contributed by atoms with E-state index in [0.29, 0.717) is 5.96 Å². The fourth-order valence-electron chi connectivity index (χ4n) is 2.84. The van der Waals surface area contributed by atoms with Crippen LogP contribution < -0.4 is 11.1 Å². The highest BCUT2D eigenvalue weighted by Gasteiger charge is 2.34. The van der Waals surface area contributed by atoms with Crippen molar-refractivity contribution in [1.82, 2.24) is 5.32 Å². The van der Waals surface area contributed by atoms with Gasteiger partial charge >= 0.3 is 0 Å². The molecule has 5 heteroatoms. The van der Waals surface area contributed by atoms with Crippen LogP contribution in [0.4, 0.5) is 0 Å². The van der Waals surface area contributed by atoms with E-state index in [1.807, 2.05) is 11.3 Å². The summed E-state index contributed by atoms with van der Waals surface area (Å²) in [4.78, 5) is 6.09. The molecule has 0 aromatic carbocycles. The lowest BCUT2D eigenvalue weighted by Crippen LogP contribution is -2.36. The summed E-state index contributed by atoms with van der Waals surface area (Å²) >= 11 is 1.87. The van der Waals surface area contributed by atoms with Crippen LogP contribution in [-0.4, -0.2) is 19.0 Å². The van der Waals surface area contributed by atoms with Crippen molar-refractivity contribution < 1.29 is 0 Å². The molecule has 0 bridgehead atoms. The van der Waals surface area contributed by atoms with Crippen molar-refractivity contribution in [3.63, 3.8) is 0 Å². The van der Waals surface area contributed by atoms with Gasteiger partial charge in [0.2, 0.25) is 0 Å². The summed E-state index contributed by atoms with van der Waals surface area (Å²) in [6, 6.07) is 4.42. The molecule has 3 N–H and O–H groups in total. The summed E-state index contributed by atoms with van der Waals surface area (Å²) in [5.74, 6) is 0.600. The molecular formula is C15H26IN3S. The zero-order chi connectivity index (χ0) is 13.6. The van der Waals surface area contributed by atoms with Crippen molar-refractivity contribution in [2.45, 2.75) is 50.9 Å². The molecule has 0 atom stereocenters. The molecule has 1 aliphatic carbocycles. The molecule has 0 aliphatic heterocycles. The molecule has 2 rings (SSSR count). The molecular weight excluding hydrogens is 381 g/mol. The molecule has 1 heterocycles. The normalized spacial score (nSPS) is 18.4. The highest BCUT2D eigenvalue weighted by atomic mass is 127. The molecule has 0 radical (unpaired) electrons. The lowest BCUT2D eigenvalue weighted by Gasteiger charge is -2.35. The summed E-state index contributed by atoms with van der Waals surface area (Å²) in [6.07, 6.45) is 7.56. The standard InChI is InChI=1S/C15H25N3S.HI/c1-2-10-17-14(16)18-12-15(8-4-3-5-9-15)13-7-6-11-19-13;/h6-7,11H,2-5,8-10,12H2,1H3,(H3,16,17,18);1H. The molecule has 1 fully saturated rings. The first-order valence-electron chi connectivity index (χ1n) is 7.34. The van der Waals surface area contributed by atoms with Crippen LogP contribution >= 0.6 is 35.3 Å². The summed E-state index contributed by atoms with van der Waals surface area (Å²) in [5, 5.41) is 5.34. The smallest absolute Gasteiger partial charge is 0.188 e. The van der Waals surface area contributed by atoms with Crippen molar-refractivity contribution in [2.24, 2.45) is 10.7 Å². The zero-order valence-electron chi connectivity index (χ0n) is 12.2. The maximum absolute atomic E-state index is 5.93. The van der Waals surface area contributed by atoms with Gasteiger partial charge in [0, 0.05) is 16.8 Å². The highest BCUT2D eigenvalue weighted by molar-refractivity contribution is 14.0. The number of aliphatic imine (C=N–C) groups is 1. The van der Waals surface area contributed by atoms with Crippen molar-refractivity contribution in [3.8, 4) is 0 Å². The number of thiophene rings is 1. The second kappa shape index (κ2) is 8.87. The fraction of sp³-hybridized carbons (Fsp3) is 0.667. The van der Waals surface area contributed by atoms with E-state index in [2.05, 4.69) is 34.7 Å². The van der Waals surface area contributed by atoms with Crippen molar-refractivity contribution in [1.29, 1.82) is 0 Å². The first kappa shape index (κ1) is 17.8. The molecule has 1 aromatic rings. The number of nitrogens with two attached hydrogens (primary N) is 1. The van der Waals surface area contributed by atoms with Gasteiger partial charge in [0.25, 0.3) is 0 Å². The van der Waals surface area contributed by atoms with Crippen LogP contribution in [0.2, 0.25) is 0 Å². The minimum atomic E-state index is 0. The van der Waals surface area contributed by atoms with Crippen LogP contribution in [0.15, 0.2) is 22.5 Å². The maximum Gasteiger partial charge on any atom is 0.188 e. The van der Waals surface area contributed by atoms with Crippen LogP contribution in [0.25, 0.3) is 0 Å². The highest BCUT2D eigenvalue weighted by Crippen LogP contribution is 2.41. The molecule has 1 aromatic heterocycles. The largest absolute Gasteiger partial charge is 0.370 e. The van der Waals surface area contributed by atoms with Gasteiger partial charge in [-0.15, -0.1) is 35.3 Å². The second-order valence-electron chi connectivity index (χ2n) is 5.45. The summed E-state index contributed by atoms with van der Waals surface area (Å²) in [7, 11) is 0. The van der Waals surface area contributed by atoms with Gasteiger partial charge in [-0.1, -0.05) is 32.3 Å². The van der Waals surface area contributed by atoms with Crippen LogP contribution in [-0.2, 0) is 5.41 Å². The van der Waals surface area contributed by atoms with Crippen molar-refractivity contribution in [2.75, 3.05) is 13.1 Å². The Hall–Kier alpha value is -0.300. The van der Waals surface area contributed by atoms with E-state index in [0.717, 1.165) is 19.5 Å². The van der Waals surface area contributed by atoms with Gasteiger partial charge in [-0.25, -0.2) is 0 Å². The molecule has 0 saturated heterocycles. The van der Waals surface area contributed by atoms with Crippen LogP contribution in [0.3, 0.4) is 0 Å². The molecule has 0 spiro atoms. The molecule has 114 valence electrons. The third-order valence-electron chi connectivity index (χ3n) is 3.96. The average molecular weight is 407 g/mol. The number of halogens is 1. The van der Waals surface area contributed by atoms with E-state index in [9.17, 15) is 0 Å². The van der Waals surface area contributed by atoms with Gasteiger partial charge in [0.1, 0.15) is 0 Å². The number of nitrogens with one attached hydrogen (secondary N) is 1. The molecule has 3 nitrogen and oxygen atoms in total. The fourth-order valence-corrected chi connectivity index (χ4v) is 3.82. The molecule has 0 amide bonds. The van der Waals surface area contributed by atoms with E-state index in [1.54, 1.807) is 0 Å². The van der Waals surface area contributed by atoms with Gasteiger partial charge in [-0.3, -0.25) is 4.99 Å². The Morgan fingerprint density at radius 3 is 2.75 bits per heavy atom. The van der Waals surface area contributed by atoms with E-state index < -0.39 is 0 Å². The molecule has 1 aliphatic rings. The Bertz CT molecular complexity index is 397. The summed E-state index contributed by atoms with van der Waals surface area (Å²) in [6.45, 7) is 3.87. The number of guanidine groups is 1. The third kappa shape index (κ3) is 4.62. The van der Waals surface area contributed by atoms with Crippen molar-refractivity contribution in [3.05, 3.63) is 22.4 Å². The zero-order valence-corrected chi connectivity index (χ0v) is 15.4. The topological polar surface area (TPSA) is 50.4 Å². The molecule has 20 heavy (non-hydrogen) atoms. The van der Waals surface area contributed by atoms with E-state index in [4.69, 9.17) is 5.73 Å². The first-order chi connectivity index (χ1) is 9.27. The Labute approximate surface area is 143 Å². The first-order valence-corrected chi connectivity index (χ1v) is 8.22. The van der Waals surface area contributed by atoms with E-state index in [1.165, 1.54) is 37.0 Å². The van der Waals surface area contributed by atoms with Crippen LogP contribution in [0.5, 0.6) is 0 Å². The summed E-state index contributed by atoms with van der Waals surface area (Å²) < 4.78 is 0. The van der Waals surface area contributed by atoms with Crippen molar-refractivity contribution >= 4 is 41.3 Å². The predicted octanol–water partition coefficient (Wildman–Crippen LogP) is 3.88. The van der Waals surface area contributed by atoms with E-state index >= 15 is 0 Å². The van der Waals surface area contributed by atoms with Gasteiger partial charge in [0.05, 0.1) is 6.54 Å². The summed E-state index contributed by atoms with van der Waals surface area (Å²) in [5.41, 5.74) is 6.17. The molecule has 1 saturated carbocycles. The lowest BCUT2D eigenvalue weighted by molar-refractivity contribution is 0.306. The number of hydrogen-bond donors (Lipinski definition) is 2. The number of hydrogen-bond acceptors (Lipinski definition) is 2. The SMILES string of the molecule is CCCNC(N)=NCC1(c2cccs2)CCCCC1.I. The Morgan fingerprint density at radius 1 is 1.40 bits per heavy atom. The maximum atomic E-state index is 5.93. The van der Waals surface area contributed by atoms with E-state index in [-0.39, 0.29) is 29.4 Å². The van der Waals surface area contributed by atoms with Gasteiger partial charge in [-0.2, -0.15) is 0 Å². The second-order valence-corrected chi connectivity index (χ2v) is 6.39.